The van der Waals surface area contributed by atoms with Crippen molar-refractivity contribution in [3.8, 4) is 0 Å². The number of imidazole rings is 1. The summed E-state index contributed by atoms with van der Waals surface area (Å²) in [6.07, 6.45) is 8.67. The van der Waals surface area contributed by atoms with Gasteiger partial charge in [-0.25, -0.2) is 4.98 Å². The van der Waals surface area contributed by atoms with E-state index in [4.69, 9.17) is 0 Å². The summed E-state index contributed by atoms with van der Waals surface area (Å²) >= 11 is 0. The van der Waals surface area contributed by atoms with E-state index in [1.165, 1.54) is 45.6 Å². The molecule has 2 radical (unpaired) electrons. The van der Waals surface area contributed by atoms with Crippen LogP contribution >= 0.6 is 0 Å². The third kappa shape index (κ3) is 7.13. The number of benzene rings is 5. The molecule has 5 aromatic carbocycles. The third-order valence-electron chi connectivity index (χ3n) is 8.74. The van der Waals surface area contributed by atoms with Crippen LogP contribution in [-0.4, -0.2) is 25.8 Å². The van der Waals surface area contributed by atoms with Gasteiger partial charge >= 0.3 is 0 Å². The van der Waals surface area contributed by atoms with Crippen LogP contribution in [0.4, 0.5) is 0 Å². The smallest absolute Gasteiger partial charge is 0.212 e. The van der Waals surface area contributed by atoms with Crippen molar-refractivity contribution in [3.63, 3.8) is 0 Å². The van der Waals surface area contributed by atoms with Crippen LogP contribution in [0.15, 0.2) is 164 Å². The number of aromatic nitrogens is 2. The lowest BCUT2D eigenvalue weighted by atomic mass is 9.37. The van der Waals surface area contributed by atoms with Gasteiger partial charge in [-0.1, -0.05) is 201 Å². The molecule has 0 spiro atoms. The summed E-state index contributed by atoms with van der Waals surface area (Å²) in [6, 6.07) is 52.4. The first-order valence-electron chi connectivity index (χ1n) is 16.0. The van der Waals surface area contributed by atoms with Crippen LogP contribution < -0.4 is 16.1 Å². The molecule has 0 bridgehead atoms. The molecule has 222 valence electrons. The Kier molecular flexibility index (Phi) is 9.32. The Labute approximate surface area is 272 Å². The van der Waals surface area contributed by atoms with Crippen LogP contribution in [0.1, 0.15) is 50.3 Å². The number of rotatable bonds is 8. The lowest BCUT2D eigenvalue weighted by Gasteiger charge is -2.36. The Bertz CT molecular complexity index is 1670. The monoisotopic (exact) mass is 600 g/mol. The first kappa shape index (κ1) is 30.6. The molecule has 1 aliphatic carbocycles. The highest BCUT2D eigenvalue weighted by Gasteiger charge is 2.38. The normalized spacial score (nSPS) is 13.0. The van der Waals surface area contributed by atoms with Crippen molar-refractivity contribution in [1.29, 1.82) is 0 Å². The summed E-state index contributed by atoms with van der Waals surface area (Å²) in [7, 11) is 0.514. The average Bonchev–Trinajstić information content (AvgIpc) is 3.76. The molecule has 0 saturated heterocycles. The molecule has 6 aromatic rings. The Morgan fingerprint density at radius 3 is 1.56 bits per heavy atom. The van der Waals surface area contributed by atoms with Gasteiger partial charge in [-0.3, -0.25) is 0 Å². The third-order valence-corrected chi connectivity index (χ3v) is 10.5. The van der Waals surface area contributed by atoms with Crippen molar-refractivity contribution in [2.75, 3.05) is 0 Å². The Morgan fingerprint density at radius 2 is 1.11 bits per heavy atom. The van der Waals surface area contributed by atoms with Gasteiger partial charge in [-0.2, -0.15) is 0 Å². The fraction of sp³-hybridized carbons (Fsp3) is 0.195. The Balaban J connectivity index is 0.000000187. The Hall–Kier alpha value is -4.41. The molecule has 0 unspecified atom stereocenters. The van der Waals surface area contributed by atoms with E-state index in [1.807, 2.05) is 12.5 Å². The first-order valence-corrected chi connectivity index (χ1v) is 17.0. The van der Waals surface area contributed by atoms with Crippen molar-refractivity contribution >= 4 is 32.3 Å². The summed E-state index contributed by atoms with van der Waals surface area (Å²) < 4.78 is 2.26. The highest BCUT2D eigenvalue weighted by Crippen LogP contribution is 2.38. The summed E-state index contributed by atoms with van der Waals surface area (Å²) in [4.78, 5) is 4.40. The molecule has 1 saturated carbocycles. The predicted molar refractivity (Wildman–Crippen MR) is 193 cm³/mol. The maximum absolute atomic E-state index is 4.40. The SMILES string of the molecule is CC(C)(C)c1cccc([Si]C(c2ccccc2)(c2ccccc2)n2ccnc2)c1.c1ccc(B(c2ccccc2)C2CC2)cc1. The van der Waals surface area contributed by atoms with Crippen molar-refractivity contribution in [2.24, 2.45) is 0 Å². The standard InChI is InChI=1S/C26H26N2Si.C15H15B/c1-25(2,3)23-15-10-16-24(19-23)29-26(28-18-17-27-20-28,21-11-6-4-7-12-21)22-13-8-5-9-14-22;1-3-7-13(8-4-1)16(15-11-12-15)14-9-5-2-6-10-14/h4-20H,1-3H3;1-10,15H,11-12H2. The summed E-state index contributed by atoms with van der Waals surface area (Å²) in [5, 5.41) is 1.01. The van der Waals surface area contributed by atoms with Crippen LogP contribution in [0.2, 0.25) is 5.82 Å². The molecule has 1 fully saturated rings. The zero-order valence-electron chi connectivity index (χ0n) is 26.6. The predicted octanol–water partition coefficient (Wildman–Crippen LogP) is 7.42. The van der Waals surface area contributed by atoms with Crippen LogP contribution in [0.5, 0.6) is 0 Å². The van der Waals surface area contributed by atoms with Gasteiger partial charge in [0.15, 0.2) is 0 Å². The van der Waals surface area contributed by atoms with Gasteiger partial charge < -0.3 is 4.57 Å². The van der Waals surface area contributed by atoms with E-state index in [0.717, 1.165) is 5.82 Å². The molecule has 1 aliphatic rings. The minimum Gasteiger partial charge on any atom is -0.326 e. The molecule has 1 aromatic heterocycles. The van der Waals surface area contributed by atoms with Crippen LogP contribution in [-0.2, 0) is 10.6 Å². The van der Waals surface area contributed by atoms with Crippen LogP contribution in [0.3, 0.4) is 0 Å². The molecule has 45 heavy (non-hydrogen) atoms. The lowest BCUT2D eigenvalue weighted by Crippen LogP contribution is -2.47. The minimum absolute atomic E-state index is 0.123. The van der Waals surface area contributed by atoms with Gasteiger partial charge in [0.1, 0.15) is 9.52 Å². The number of hydrogen-bond donors (Lipinski definition) is 0. The maximum atomic E-state index is 4.40. The van der Waals surface area contributed by atoms with E-state index in [-0.39, 0.29) is 10.6 Å². The van der Waals surface area contributed by atoms with Gasteiger partial charge in [-0.15, -0.1) is 0 Å². The number of nitrogens with zero attached hydrogens (tertiary/aromatic N) is 2. The van der Waals surface area contributed by atoms with E-state index < -0.39 is 0 Å². The van der Waals surface area contributed by atoms with E-state index in [9.17, 15) is 0 Å². The summed E-state index contributed by atoms with van der Waals surface area (Å²) in [6.45, 7) is 7.43. The molecule has 4 heteroatoms. The van der Waals surface area contributed by atoms with E-state index >= 15 is 0 Å². The molecule has 0 amide bonds. The van der Waals surface area contributed by atoms with Crippen molar-refractivity contribution in [3.05, 3.63) is 181 Å². The Morgan fingerprint density at radius 1 is 0.622 bits per heavy atom. The summed E-state index contributed by atoms with van der Waals surface area (Å²) in [5.41, 5.74) is 6.96. The topological polar surface area (TPSA) is 17.8 Å². The molecule has 1 heterocycles. The van der Waals surface area contributed by atoms with Crippen LogP contribution in [0, 0.1) is 0 Å². The minimum atomic E-state index is -0.338. The van der Waals surface area contributed by atoms with Gasteiger partial charge in [0, 0.05) is 12.4 Å². The molecular weight excluding hydrogens is 559 g/mol. The van der Waals surface area contributed by atoms with E-state index in [2.05, 4.69) is 182 Å². The lowest BCUT2D eigenvalue weighted by molar-refractivity contribution is 0.589. The summed E-state index contributed by atoms with van der Waals surface area (Å²) in [5.74, 6) is 0.866. The second-order valence-corrected chi connectivity index (χ2v) is 14.6. The fourth-order valence-electron chi connectivity index (χ4n) is 6.25. The highest BCUT2D eigenvalue weighted by atomic mass is 28.2. The highest BCUT2D eigenvalue weighted by molar-refractivity contribution is 6.86. The average molecular weight is 601 g/mol. The first-order chi connectivity index (χ1) is 21.9. The fourth-order valence-corrected chi connectivity index (χ4v) is 7.96. The van der Waals surface area contributed by atoms with Crippen molar-refractivity contribution in [2.45, 2.75) is 50.0 Å². The zero-order chi connectivity index (χ0) is 31.1. The molecule has 2 nitrogen and oxygen atoms in total. The van der Waals surface area contributed by atoms with E-state index in [1.54, 1.807) is 0 Å². The van der Waals surface area contributed by atoms with Gasteiger partial charge in [-0.05, 0) is 22.1 Å². The molecule has 7 rings (SSSR count). The second kappa shape index (κ2) is 13.7. The molecule has 0 atom stereocenters. The van der Waals surface area contributed by atoms with Crippen molar-refractivity contribution < 1.29 is 0 Å². The molecule has 0 N–H and O–H groups in total. The van der Waals surface area contributed by atoms with E-state index in [0.29, 0.717) is 16.2 Å². The van der Waals surface area contributed by atoms with Gasteiger partial charge in [0.25, 0.3) is 0 Å². The maximum Gasteiger partial charge on any atom is 0.212 e. The van der Waals surface area contributed by atoms with Gasteiger partial charge in [0.2, 0.25) is 6.71 Å². The van der Waals surface area contributed by atoms with Crippen LogP contribution in [0.25, 0.3) is 0 Å². The van der Waals surface area contributed by atoms with Gasteiger partial charge in [0.05, 0.1) is 11.5 Å². The molecule has 0 aliphatic heterocycles. The zero-order valence-corrected chi connectivity index (χ0v) is 27.6. The van der Waals surface area contributed by atoms with Crippen molar-refractivity contribution in [1.82, 2.24) is 9.55 Å². The quantitative estimate of drug-likeness (QED) is 0.166. The second-order valence-electron chi connectivity index (χ2n) is 13.0. The largest absolute Gasteiger partial charge is 0.326 e. The number of hydrogen-bond acceptors (Lipinski definition) is 1. The molecular formula is C41H41BN2Si.